The number of hydrogen-bond donors (Lipinski definition) is 1. The van der Waals surface area contributed by atoms with Crippen molar-refractivity contribution in [2.24, 2.45) is 5.73 Å². The maximum atomic E-state index is 12.4. The molecule has 1 saturated heterocycles. The van der Waals surface area contributed by atoms with Crippen LogP contribution >= 0.6 is 0 Å². The summed E-state index contributed by atoms with van der Waals surface area (Å²) >= 11 is 0. The maximum absolute atomic E-state index is 12.4. The van der Waals surface area contributed by atoms with Crippen LogP contribution in [-0.4, -0.2) is 64.5 Å². The van der Waals surface area contributed by atoms with E-state index in [0.717, 1.165) is 32.5 Å². The second kappa shape index (κ2) is 6.85. The highest BCUT2D eigenvalue weighted by atomic mass is 16.2. The molecule has 0 aromatic carbocycles. The van der Waals surface area contributed by atoms with Gasteiger partial charge in [-0.15, -0.1) is 0 Å². The summed E-state index contributed by atoms with van der Waals surface area (Å²) in [7, 11) is 1.89. The fraction of sp³-hybridized carbons (Fsp3) is 0.714. The molecule has 0 saturated carbocycles. The largest absolute Gasteiger partial charge is 0.337 e. The van der Waals surface area contributed by atoms with E-state index >= 15 is 0 Å². The average molecular weight is 279 g/mol. The molecule has 6 heteroatoms. The third-order valence-corrected chi connectivity index (χ3v) is 4.11. The smallest absolute Gasteiger partial charge is 0.274 e. The molecular formula is C14H25N5O. The fourth-order valence-corrected chi connectivity index (χ4v) is 2.71. The first kappa shape index (κ1) is 15.0. The van der Waals surface area contributed by atoms with Crippen molar-refractivity contribution in [1.29, 1.82) is 0 Å². The molecule has 2 rings (SSSR count). The van der Waals surface area contributed by atoms with Gasteiger partial charge in [0.05, 0.1) is 6.33 Å². The standard InChI is InChI=1S/C14H25N5O/c1-3-18-7-4-12(5-8-18)17(2)14(20)13-10-19(9-6-15)11-16-13/h10-12H,3-9,15H2,1-2H3. The predicted molar refractivity (Wildman–Crippen MR) is 78.5 cm³/mol. The topological polar surface area (TPSA) is 67.4 Å². The molecule has 0 radical (unpaired) electrons. The van der Waals surface area contributed by atoms with E-state index in [9.17, 15) is 4.79 Å². The van der Waals surface area contributed by atoms with Gasteiger partial charge in [-0.2, -0.15) is 0 Å². The van der Waals surface area contributed by atoms with Crippen LogP contribution in [0.5, 0.6) is 0 Å². The molecule has 0 spiro atoms. The van der Waals surface area contributed by atoms with Gasteiger partial charge >= 0.3 is 0 Å². The second-order valence-electron chi connectivity index (χ2n) is 5.37. The monoisotopic (exact) mass is 279 g/mol. The Balaban J connectivity index is 1.94. The van der Waals surface area contributed by atoms with Gasteiger partial charge in [-0.1, -0.05) is 6.92 Å². The summed E-state index contributed by atoms with van der Waals surface area (Å²) in [6.45, 7) is 6.65. The lowest BCUT2D eigenvalue weighted by atomic mass is 10.0. The highest BCUT2D eigenvalue weighted by Crippen LogP contribution is 2.16. The molecule has 1 aromatic heterocycles. The Morgan fingerprint density at radius 3 is 2.80 bits per heavy atom. The maximum Gasteiger partial charge on any atom is 0.274 e. The van der Waals surface area contributed by atoms with Crippen LogP contribution in [0.3, 0.4) is 0 Å². The molecule has 1 fully saturated rings. The minimum atomic E-state index is 0.00993. The molecule has 0 atom stereocenters. The zero-order valence-corrected chi connectivity index (χ0v) is 12.5. The lowest BCUT2D eigenvalue weighted by Crippen LogP contribution is -2.45. The molecule has 1 amide bonds. The van der Waals surface area contributed by atoms with E-state index < -0.39 is 0 Å². The van der Waals surface area contributed by atoms with Crippen molar-refractivity contribution in [2.75, 3.05) is 33.2 Å². The molecule has 2 N–H and O–H groups in total. The van der Waals surface area contributed by atoms with E-state index in [4.69, 9.17) is 5.73 Å². The highest BCUT2D eigenvalue weighted by molar-refractivity contribution is 5.92. The summed E-state index contributed by atoms with van der Waals surface area (Å²) in [6, 6.07) is 0.324. The van der Waals surface area contributed by atoms with Crippen molar-refractivity contribution in [2.45, 2.75) is 32.4 Å². The molecule has 0 unspecified atom stereocenters. The Kier molecular flexibility index (Phi) is 5.14. The molecule has 112 valence electrons. The Bertz CT molecular complexity index is 437. The summed E-state index contributed by atoms with van der Waals surface area (Å²) in [6.07, 6.45) is 5.54. The third kappa shape index (κ3) is 3.37. The van der Waals surface area contributed by atoms with Crippen molar-refractivity contribution in [3.8, 4) is 0 Å². The normalized spacial score (nSPS) is 17.4. The summed E-state index contributed by atoms with van der Waals surface area (Å²) in [5.41, 5.74) is 6.01. The molecule has 20 heavy (non-hydrogen) atoms. The molecular weight excluding hydrogens is 254 g/mol. The van der Waals surface area contributed by atoms with Gasteiger partial charge < -0.3 is 20.1 Å². The lowest BCUT2D eigenvalue weighted by Gasteiger charge is -2.36. The highest BCUT2D eigenvalue weighted by Gasteiger charge is 2.26. The first-order valence-corrected chi connectivity index (χ1v) is 7.37. The molecule has 6 nitrogen and oxygen atoms in total. The van der Waals surface area contributed by atoms with Gasteiger partial charge in [0.1, 0.15) is 5.69 Å². The van der Waals surface area contributed by atoms with Crippen LogP contribution in [0, 0.1) is 0 Å². The van der Waals surface area contributed by atoms with Gasteiger partial charge in [-0.25, -0.2) is 4.98 Å². The van der Waals surface area contributed by atoms with Crippen LogP contribution in [0.25, 0.3) is 0 Å². The number of hydrogen-bond acceptors (Lipinski definition) is 4. The minimum absolute atomic E-state index is 0.00993. The van der Waals surface area contributed by atoms with Crippen molar-refractivity contribution in [3.05, 3.63) is 18.2 Å². The zero-order chi connectivity index (χ0) is 14.5. The fourth-order valence-electron chi connectivity index (χ4n) is 2.71. The average Bonchev–Trinajstić information content (AvgIpc) is 2.95. The summed E-state index contributed by atoms with van der Waals surface area (Å²) in [5, 5.41) is 0. The Morgan fingerprint density at radius 1 is 1.50 bits per heavy atom. The van der Waals surface area contributed by atoms with Crippen LogP contribution in [0.1, 0.15) is 30.3 Å². The van der Waals surface area contributed by atoms with E-state index in [1.807, 2.05) is 16.5 Å². The van der Waals surface area contributed by atoms with Gasteiger partial charge in [-0.3, -0.25) is 4.79 Å². The molecule has 1 aliphatic rings. The van der Waals surface area contributed by atoms with Gasteiger partial charge in [0.15, 0.2) is 0 Å². The predicted octanol–water partition coefficient (Wildman–Crippen LogP) is 0.398. The van der Waals surface area contributed by atoms with Gasteiger partial charge in [-0.05, 0) is 19.4 Å². The summed E-state index contributed by atoms with van der Waals surface area (Å²) < 4.78 is 1.86. The number of carbonyl (C=O) groups excluding carboxylic acids is 1. The van der Waals surface area contributed by atoms with Crippen LogP contribution in [-0.2, 0) is 6.54 Å². The van der Waals surface area contributed by atoms with E-state index in [-0.39, 0.29) is 5.91 Å². The Labute approximate surface area is 120 Å². The number of nitrogens with two attached hydrogens (primary N) is 1. The van der Waals surface area contributed by atoms with Gasteiger partial charge in [0.25, 0.3) is 5.91 Å². The van der Waals surface area contributed by atoms with Crippen molar-refractivity contribution >= 4 is 5.91 Å². The van der Waals surface area contributed by atoms with Crippen molar-refractivity contribution in [3.63, 3.8) is 0 Å². The van der Waals surface area contributed by atoms with Crippen LogP contribution in [0.4, 0.5) is 0 Å². The molecule has 2 heterocycles. The number of aromatic nitrogens is 2. The van der Waals surface area contributed by atoms with E-state index in [0.29, 0.717) is 24.8 Å². The first-order chi connectivity index (χ1) is 9.65. The SMILES string of the molecule is CCN1CCC(N(C)C(=O)c2cn(CCN)cn2)CC1. The Hall–Kier alpha value is -1.40. The number of carbonyl (C=O) groups is 1. The van der Waals surface area contributed by atoms with Crippen molar-refractivity contribution < 1.29 is 4.79 Å². The van der Waals surface area contributed by atoms with E-state index in [1.54, 1.807) is 12.5 Å². The van der Waals surface area contributed by atoms with Gasteiger partial charge in [0, 0.05) is 45.5 Å². The molecule has 1 aromatic rings. The second-order valence-corrected chi connectivity index (χ2v) is 5.37. The van der Waals surface area contributed by atoms with Crippen molar-refractivity contribution in [1.82, 2.24) is 19.4 Å². The van der Waals surface area contributed by atoms with Crippen LogP contribution in [0.2, 0.25) is 0 Å². The molecule has 0 bridgehead atoms. The number of piperidine rings is 1. The number of amides is 1. The number of rotatable bonds is 5. The van der Waals surface area contributed by atoms with Crippen LogP contribution < -0.4 is 5.73 Å². The van der Waals surface area contributed by atoms with Crippen LogP contribution in [0.15, 0.2) is 12.5 Å². The third-order valence-electron chi connectivity index (χ3n) is 4.11. The quantitative estimate of drug-likeness (QED) is 0.847. The zero-order valence-electron chi connectivity index (χ0n) is 12.5. The molecule has 0 aliphatic carbocycles. The number of likely N-dealkylation sites (tertiary alicyclic amines) is 1. The number of imidazole rings is 1. The lowest BCUT2D eigenvalue weighted by molar-refractivity contribution is 0.0641. The first-order valence-electron chi connectivity index (χ1n) is 7.37. The van der Waals surface area contributed by atoms with Gasteiger partial charge in [0.2, 0.25) is 0 Å². The minimum Gasteiger partial charge on any atom is -0.337 e. The Morgan fingerprint density at radius 2 is 2.20 bits per heavy atom. The molecule has 1 aliphatic heterocycles. The van der Waals surface area contributed by atoms with E-state index in [1.165, 1.54) is 0 Å². The summed E-state index contributed by atoms with van der Waals surface area (Å²) in [5.74, 6) is 0.00993. The number of nitrogens with zero attached hydrogens (tertiary/aromatic N) is 4. The van der Waals surface area contributed by atoms with E-state index in [2.05, 4.69) is 16.8 Å². The summed E-state index contributed by atoms with van der Waals surface area (Å²) in [4.78, 5) is 20.9.